The number of hydrazine groups is 1. The number of fused-ring (bicyclic) bond motifs is 1. The highest BCUT2D eigenvalue weighted by atomic mass is 19.1. The molecule has 1 heterocycles. The molecule has 0 radical (unpaired) electrons. The molecule has 0 atom stereocenters. The number of hydrogen-bond donors (Lipinski definition) is 3. The average molecular weight is 325 g/mol. The van der Waals surface area contributed by atoms with Gasteiger partial charge in [0, 0.05) is 11.1 Å². The van der Waals surface area contributed by atoms with Crippen molar-refractivity contribution in [3.05, 3.63) is 72.8 Å². The van der Waals surface area contributed by atoms with E-state index in [4.69, 9.17) is 4.42 Å². The van der Waals surface area contributed by atoms with Gasteiger partial charge >= 0.3 is 0 Å². The number of anilines is 1. The Morgan fingerprint density at radius 1 is 1.08 bits per heavy atom. The first-order chi connectivity index (χ1) is 11.6. The first kappa shape index (κ1) is 15.6. The molecular weight excluding hydrogens is 309 g/mol. The SMILES string of the molecule is C=C(NNC(=O)CNc1ccc(F)cc1)c1cc2ccccc2o1. The standard InChI is InChI=1S/C18H16FN3O2/c1-12(17-10-13-4-2-3-5-16(13)24-17)21-22-18(23)11-20-15-8-6-14(19)7-9-15/h2-10,20-21H,1,11H2,(H,22,23). The molecule has 0 unspecified atom stereocenters. The van der Waals surface area contributed by atoms with Crippen LogP contribution in [0.3, 0.4) is 0 Å². The summed E-state index contributed by atoms with van der Waals surface area (Å²) < 4.78 is 18.4. The average Bonchev–Trinajstić information content (AvgIpc) is 3.03. The molecule has 3 N–H and O–H groups in total. The maximum absolute atomic E-state index is 12.8. The molecule has 2 aromatic carbocycles. The zero-order valence-electron chi connectivity index (χ0n) is 12.8. The van der Waals surface area contributed by atoms with Crippen LogP contribution in [-0.4, -0.2) is 12.5 Å². The van der Waals surface area contributed by atoms with E-state index in [1.807, 2.05) is 30.3 Å². The van der Waals surface area contributed by atoms with E-state index in [-0.39, 0.29) is 18.3 Å². The Morgan fingerprint density at radius 3 is 2.58 bits per heavy atom. The van der Waals surface area contributed by atoms with Crippen molar-refractivity contribution in [2.75, 3.05) is 11.9 Å². The molecule has 0 spiro atoms. The minimum absolute atomic E-state index is 0.0338. The molecule has 0 aliphatic carbocycles. The van der Waals surface area contributed by atoms with E-state index < -0.39 is 0 Å². The molecule has 0 saturated heterocycles. The summed E-state index contributed by atoms with van der Waals surface area (Å²) in [6.45, 7) is 3.87. The Morgan fingerprint density at radius 2 is 1.83 bits per heavy atom. The molecule has 0 aliphatic heterocycles. The lowest BCUT2D eigenvalue weighted by molar-refractivity contribution is -0.120. The van der Waals surface area contributed by atoms with Gasteiger partial charge in [-0.1, -0.05) is 24.8 Å². The van der Waals surface area contributed by atoms with E-state index in [2.05, 4.69) is 22.7 Å². The van der Waals surface area contributed by atoms with Crippen molar-refractivity contribution in [2.24, 2.45) is 0 Å². The second-order valence-corrected chi connectivity index (χ2v) is 5.16. The van der Waals surface area contributed by atoms with Crippen LogP contribution in [-0.2, 0) is 4.79 Å². The molecule has 6 heteroatoms. The van der Waals surface area contributed by atoms with E-state index in [1.165, 1.54) is 12.1 Å². The topological polar surface area (TPSA) is 66.3 Å². The molecular formula is C18H16FN3O2. The van der Waals surface area contributed by atoms with Gasteiger partial charge in [-0.2, -0.15) is 0 Å². The van der Waals surface area contributed by atoms with Gasteiger partial charge in [-0.3, -0.25) is 15.6 Å². The summed E-state index contributed by atoms with van der Waals surface area (Å²) >= 11 is 0. The fourth-order valence-corrected chi connectivity index (χ4v) is 2.13. The van der Waals surface area contributed by atoms with Crippen LogP contribution in [0.1, 0.15) is 5.76 Å². The van der Waals surface area contributed by atoms with Crippen molar-refractivity contribution < 1.29 is 13.6 Å². The van der Waals surface area contributed by atoms with Gasteiger partial charge in [0.05, 0.1) is 12.2 Å². The molecule has 1 amide bonds. The highest BCUT2D eigenvalue weighted by Gasteiger charge is 2.08. The first-order valence-corrected chi connectivity index (χ1v) is 7.34. The van der Waals surface area contributed by atoms with Crippen LogP contribution in [0.4, 0.5) is 10.1 Å². The Bertz CT molecular complexity index is 838. The molecule has 0 bridgehead atoms. The third-order valence-electron chi connectivity index (χ3n) is 3.37. The summed E-state index contributed by atoms with van der Waals surface area (Å²) in [5, 5.41) is 3.84. The number of benzene rings is 2. The maximum Gasteiger partial charge on any atom is 0.257 e. The molecule has 0 aliphatic rings. The lowest BCUT2D eigenvalue weighted by Gasteiger charge is -2.10. The van der Waals surface area contributed by atoms with Crippen LogP contribution in [0.5, 0.6) is 0 Å². The lowest BCUT2D eigenvalue weighted by atomic mass is 10.2. The van der Waals surface area contributed by atoms with E-state index in [1.54, 1.807) is 12.1 Å². The highest BCUT2D eigenvalue weighted by molar-refractivity contribution is 5.83. The second-order valence-electron chi connectivity index (χ2n) is 5.16. The molecule has 24 heavy (non-hydrogen) atoms. The zero-order chi connectivity index (χ0) is 16.9. The summed E-state index contributed by atoms with van der Waals surface area (Å²) in [7, 11) is 0. The Labute approximate surface area is 138 Å². The van der Waals surface area contributed by atoms with Gasteiger partial charge < -0.3 is 9.73 Å². The molecule has 5 nitrogen and oxygen atoms in total. The number of nitrogens with one attached hydrogen (secondary N) is 3. The molecule has 3 aromatic rings. The van der Waals surface area contributed by atoms with Gasteiger partial charge in [0.1, 0.15) is 11.4 Å². The van der Waals surface area contributed by atoms with Gasteiger partial charge in [0.15, 0.2) is 5.76 Å². The first-order valence-electron chi connectivity index (χ1n) is 7.34. The van der Waals surface area contributed by atoms with Gasteiger partial charge in [-0.25, -0.2) is 4.39 Å². The normalized spacial score (nSPS) is 10.4. The monoisotopic (exact) mass is 325 g/mol. The van der Waals surface area contributed by atoms with Gasteiger partial charge in [0.25, 0.3) is 5.91 Å². The number of furan rings is 1. The minimum atomic E-state index is -0.325. The Hall–Kier alpha value is -3.28. The molecule has 122 valence electrons. The van der Waals surface area contributed by atoms with Gasteiger partial charge in [0.2, 0.25) is 0 Å². The third kappa shape index (κ3) is 3.73. The molecule has 3 rings (SSSR count). The molecule has 1 aromatic heterocycles. The predicted octanol–water partition coefficient (Wildman–Crippen LogP) is 3.28. The Kier molecular flexibility index (Phi) is 4.47. The predicted molar refractivity (Wildman–Crippen MR) is 91.4 cm³/mol. The van der Waals surface area contributed by atoms with Gasteiger partial charge in [-0.05, 0) is 36.4 Å². The van der Waals surface area contributed by atoms with E-state index in [0.717, 1.165) is 11.0 Å². The third-order valence-corrected chi connectivity index (χ3v) is 3.37. The smallest absolute Gasteiger partial charge is 0.257 e. The number of carbonyl (C=O) groups is 1. The van der Waals surface area contributed by atoms with Crippen molar-refractivity contribution in [1.29, 1.82) is 0 Å². The number of carbonyl (C=O) groups excluding carboxylic acids is 1. The van der Waals surface area contributed by atoms with Crippen LogP contribution in [0, 0.1) is 5.82 Å². The number of hydrogen-bond acceptors (Lipinski definition) is 4. The van der Waals surface area contributed by atoms with Crippen molar-refractivity contribution in [3.8, 4) is 0 Å². The quantitative estimate of drug-likeness (QED) is 0.609. The lowest BCUT2D eigenvalue weighted by Crippen LogP contribution is -2.39. The van der Waals surface area contributed by atoms with E-state index in [0.29, 0.717) is 17.1 Å². The fraction of sp³-hybridized carbons (Fsp3) is 0.0556. The van der Waals surface area contributed by atoms with Crippen LogP contribution >= 0.6 is 0 Å². The molecule has 0 saturated carbocycles. The summed E-state index contributed by atoms with van der Waals surface area (Å²) in [5.74, 6) is -0.0756. The molecule has 0 fully saturated rings. The number of para-hydroxylation sites is 1. The number of rotatable bonds is 6. The van der Waals surface area contributed by atoms with E-state index in [9.17, 15) is 9.18 Å². The van der Waals surface area contributed by atoms with Crippen molar-refractivity contribution >= 4 is 28.3 Å². The summed E-state index contributed by atoms with van der Waals surface area (Å²) in [5.41, 5.74) is 7.09. The fourth-order valence-electron chi connectivity index (χ4n) is 2.13. The summed E-state index contributed by atoms with van der Waals surface area (Å²) in [6.07, 6.45) is 0. The zero-order valence-corrected chi connectivity index (χ0v) is 12.8. The summed E-state index contributed by atoms with van der Waals surface area (Å²) in [4.78, 5) is 11.8. The second kappa shape index (κ2) is 6.87. The van der Waals surface area contributed by atoms with Crippen LogP contribution < -0.4 is 16.2 Å². The summed E-state index contributed by atoms with van der Waals surface area (Å²) in [6, 6.07) is 15.2. The van der Waals surface area contributed by atoms with E-state index >= 15 is 0 Å². The van der Waals surface area contributed by atoms with Gasteiger partial charge in [-0.15, -0.1) is 0 Å². The van der Waals surface area contributed by atoms with Crippen LogP contribution in [0.25, 0.3) is 16.7 Å². The highest BCUT2D eigenvalue weighted by Crippen LogP contribution is 2.21. The number of amides is 1. The van der Waals surface area contributed by atoms with Crippen molar-refractivity contribution in [2.45, 2.75) is 0 Å². The largest absolute Gasteiger partial charge is 0.454 e. The maximum atomic E-state index is 12.8. The van der Waals surface area contributed by atoms with Crippen molar-refractivity contribution in [3.63, 3.8) is 0 Å². The minimum Gasteiger partial charge on any atom is -0.454 e. The Balaban J connectivity index is 1.50. The number of halogens is 1. The van der Waals surface area contributed by atoms with Crippen molar-refractivity contribution in [1.82, 2.24) is 10.9 Å². The van der Waals surface area contributed by atoms with Crippen LogP contribution in [0.15, 0.2) is 65.6 Å². The van der Waals surface area contributed by atoms with Crippen LogP contribution in [0.2, 0.25) is 0 Å².